The molecule has 0 spiro atoms. The topological polar surface area (TPSA) is 46.4 Å². The van der Waals surface area contributed by atoms with Crippen LogP contribution in [0.15, 0.2) is 60.8 Å². The Morgan fingerprint density at radius 1 is 0.900 bits per heavy atom. The van der Waals surface area contributed by atoms with Gasteiger partial charge in [0.05, 0.1) is 17.8 Å². The van der Waals surface area contributed by atoms with Crippen molar-refractivity contribution < 1.29 is 4.79 Å². The Morgan fingerprint density at radius 2 is 1.67 bits per heavy atom. The Kier molecular flexibility index (Phi) is 5.40. The summed E-state index contributed by atoms with van der Waals surface area (Å²) in [7, 11) is 0. The van der Waals surface area contributed by atoms with Crippen LogP contribution in [0.4, 0.5) is 0 Å². The fourth-order valence-electron chi connectivity index (χ4n) is 3.61. The van der Waals surface area contributed by atoms with Crippen LogP contribution in [0.2, 0.25) is 0 Å². The quantitative estimate of drug-likeness (QED) is 0.510. The third-order valence-corrected chi connectivity index (χ3v) is 5.60. The van der Waals surface area contributed by atoms with Gasteiger partial charge in [-0.15, -0.1) is 0 Å². The smallest absolute Gasteiger partial charge is 0.226 e. The van der Waals surface area contributed by atoms with Gasteiger partial charge < -0.3 is 9.72 Å². The molecule has 2 aromatic heterocycles. The number of benzene rings is 2. The van der Waals surface area contributed by atoms with Crippen LogP contribution in [-0.4, -0.2) is 15.3 Å². The summed E-state index contributed by atoms with van der Waals surface area (Å²) in [5, 5.41) is 3.05. The minimum atomic E-state index is -0.0111. The lowest BCUT2D eigenvalue weighted by Gasteiger charge is -2.09. The van der Waals surface area contributed by atoms with Crippen LogP contribution in [0.3, 0.4) is 0 Å². The summed E-state index contributed by atoms with van der Waals surface area (Å²) in [5.74, 6) is -0.0111. The number of hydrogen-bond acceptors (Lipinski definition) is 2. The molecule has 0 radical (unpaired) electrons. The second-order valence-electron chi connectivity index (χ2n) is 8.08. The molecule has 0 unspecified atom stereocenters. The highest BCUT2D eigenvalue weighted by Gasteiger charge is 2.17. The van der Waals surface area contributed by atoms with Gasteiger partial charge in [0.2, 0.25) is 5.91 Å². The third kappa shape index (κ3) is 4.13. The zero-order valence-corrected chi connectivity index (χ0v) is 18.0. The number of rotatable bonds is 5. The van der Waals surface area contributed by atoms with Crippen molar-refractivity contribution in [1.29, 1.82) is 0 Å². The molecule has 1 amide bonds. The first-order chi connectivity index (χ1) is 14.4. The number of nitrogens with one attached hydrogen (secondary N) is 1. The largest absolute Gasteiger partial charge is 0.352 e. The van der Waals surface area contributed by atoms with Crippen LogP contribution < -0.4 is 5.32 Å². The molecule has 152 valence electrons. The van der Waals surface area contributed by atoms with Crippen molar-refractivity contribution in [1.82, 2.24) is 14.7 Å². The van der Waals surface area contributed by atoms with Gasteiger partial charge in [-0.3, -0.25) is 4.79 Å². The van der Waals surface area contributed by atoms with E-state index in [0.29, 0.717) is 6.54 Å². The summed E-state index contributed by atoms with van der Waals surface area (Å²) in [4.78, 5) is 17.7. The number of aromatic nitrogens is 2. The van der Waals surface area contributed by atoms with Gasteiger partial charge in [0, 0.05) is 18.3 Å². The van der Waals surface area contributed by atoms with E-state index in [0.717, 1.165) is 33.7 Å². The molecule has 0 aliphatic rings. The van der Waals surface area contributed by atoms with E-state index >= 15 is 0 Å². The molecule has 4 nitrogen and oxygen atoms in total. The lowest BCUT2D eigenvalue weighted by molar-refractivity contribution is -0.120. The van der Waals surface area contributed by atoms with E-state index in [1.165, 1.54) is 16.7 Å². The van der Waals surface area contributed by atoms with Crippen LogP contribution >= 0.6 is 0 Å². The number of amides is 1. The van der Waals surface area contributed by atoms with Crippen molar-refractivity contribution in [2.24, 2.45) is 0 Å². The molecule has 4 aromatic rings. The molecule has 0 aliphatic heterocycles. The minimum Gasteiger partial charge on any atom is -0.352 e. The number of imidazole rings is 1. The summed E-state index contributed by atoms with van der Waals surface area (Å²) in [5.41, 5.74) is 9.61. The molecule has 1 N–H and O–H groups in total. The number of aryl methyl sites for hydroxylation is 4. The van der Waals surface area contributed by atoms with Crippen LogP contribution in [0.5, 0.6) is 0 Å². The maximum atomic E-state index is 12.8. The number of carbonyl (C=O) groups excluding carboxylic acids is 1. The lowest BCUT2D eigenvalue weighted by Crippen LogP contribution is -2.25. The van der Waals surface area contributed by atoms with E-state index in [1.54, 1.807) is 0 Å². The van der Waals surface area contributed by atoms with Crippen LogP contribution in [0, 0.1) is 27.7 Å². The van der Waals surface area contributed by atoms with Crippen LogP contribution in [-0.2, 0) is 17.8 Å². The number of nitrogens with zero attached hydrogens (tertiary/aromatic N) is 2. The minimum absolute atomic E-state index is 0.0111. The van der Waals surface area contributed by atoms with E-state index in [2.05, 4.69) is 69.4 Å². The van der Waals surface area contributed by atoms with E-state index < -0.39 is 0 Å². The van der Waals surface area contributed by atoms with Crippen molar-refractivity contribution in [3.8, 4) is 11.3 Å². The number of pyridine rings is 1. The average molecular weight is 398 g/mol. The molecule has 0 saturated carbocycles. The van der Waals surface area contributed by atoms with E-state index in [4.69, 9.17) is 4.98 Å². The Balaban J connectivity index is 1.65. The molecule has 2 heterocycles. The SMILES string of the molecule is Cc1ccc(CNC(=O)Cc2c(-c3ccc(C)c(C)c3)nc3cc(C)ccn23)cc1. The molecular weight excluding hydrogens is 370 g/mol. The fraction of sp³-hybridized carbons (Fsp3) is 0.231. The Labute approximate surface area is 177 Å². The monoisotopic (exact) mass is 397 g/mol. The Hall–Kier alpha value is -3.40. The van der Waals surface area contributed by atoms with Gasteiger partial charge in [0.25, 0.3) is 0 Å². The van der Waals surface area contributed by atoms with E-state index in [1.807, 2.05) is 28.8 Å². The van der Waals surface area contributed by atoms with Gasteiger partial charge in [-0.1, -0.05) is 42.0 Å². The molecule has 0 bridgehead atoms. The predicted octanol–water partition coefficient (Wildman–Crippen LogP) is 5.09. The maximum absolute atomic E-state index is 12.8. The molecular formula is C26H27N3O. The van der Waals surface area contributed by atoms with E-state index in [9.17, 15) is 4.79 Å². The molecule has 0 atom stereocenters. The van der Waals surface area contributed by atoms with Crippen LogP contribution in [0.1, 0.15) is 33.5 Å². The lowest BCUT2D eigenvalue weighted by atomic mass is 10.0. The second kappa shape index (κ2) is 8.15. The third-order valence-electron chi connectivity index (χ3n) is 5.60. The molecule has 0 fully saturated rings. The molecule has 4 heteroatoms. The van der Waals surface area contributed by atoms with Crippen LogP contribution in [0.25, 0.3) is 16.9 Å². The highest BCUT2D eigenvalue weighted by molar-refractivity contribution is 5.81. The first-order valence-electron chi connectivity index (χ1n) is 10.3. The van der Waals surface area contributed by atoms with Crippen molar-refractivity contribution in [3.63, 3.8) is 0 Å². The summed E-state index contributed by atoms with van der Waals surface area (Å²) >= 11 is 0. The molecule has 30 heavy (non-hydrogen) atoms. The van der Waals surface area contributed by atoms with Gasteiger partial charge >= 0.3 is 0 Å². The van der Waals surface area contributed by atoms with Gasteiger partial charge in [0.15, 0.2) is 0 Å². The van der Waals surface area contributed by atoms with Gasteiger partial charge in [-0.25, -0.2) is 4.98 Å². The molecule has 4 rings (SSSR count). The van der Waals surface area contributed by atoms with Crippen molar-refractivity contribution in [3.05, 3.63) is 94.3 Å². The maximum Gasteiger partial charge on any atom is 0.226 e. The number of hydrogen-bond donors (Lipinski definition) is 1. The van der Waals surface area contributed by atoms with Crippen molar-refractivity contribution in [2.45, 2.75) is 40.7 Å². The van der Waals surface area contributed by atoms with E-state index in [-0.39, 0.29) is 12.3 Å². The first kappa shape index (κ1) is 19.9. The summed E-state index contributed by atoms with van der Waals surface area (Å²) in [6.07, 6.45) is 2.28. The van der Waals surface area contributed by atoms with Crippen molar-refractivity contribution in [2.75, 3.05) is 0 Å². The number of fused-ring (bicyclic) bond motifs is 1. The molecule has 2 aromatic carbocycles. The standard InChI is InChI=1S/C26H27N3O/c1-17-5-8-21(9-6-17)16-27-25(30)15-23-26(22-10-7-19(3)20(4)14-22)28-24-13-18(2)11-12-29(23)24/h5-14H,15-16H2,1-4H3,(H,27,30). The van der Waals surface area contributed by atoms with Crippen molar-refractivity contribution >= 4 is 11.6 Å². The second-order valence-corrected chi connectivity index (χ2v) is 8.08. The molecule has 0 aliphatic carbocycles. The highest BCUT2D eigenvalue weighted by atomic mass is 16.1. The normalized spacial score (nSPS) is 11.1. The number of carbonyl (C=O) groups is 1. The van der Waals surface area contributed by atoms with Gasteiger partial charge in [-0.2, -0.15) is 0 Å². The van der Waals surface area contributed by atoms with Gasteiger partial charge in [0.1, 0.15) is 5.65 Å². The average Bonchev–Trinajstić information content (AvgIpc) is 3.07. The molecule has 0 saturated heterocycles. The predicted molar refractivity (Wildman–Crippen MR) is 122 cm³/mol. The summed E-state index contributed by atoms with van der Waals surface area (Å²) < 4.78 is 2.03. The summed E-state index contributed by atoms with van der Waals surface area (Å²) in [6, 6.07) is 18.7. The zero-order valence-electron chi connectivity index (χ0n) is 18.0. The Bertz CT molecular complexity index is 1220. The Morgan fingerprint density at radius 3 is 2.40 bits per heavy atom. The first-order valence-corrected chi connectivity index (χ1v) is 10.3. The van der Waals surface area contributed by atoms with Gasteiger partial charge in [-0.05, 0) is 68.1 Å². The summed E-state index contributed by atoms with van der Waals surface area (Å²) in [6.45, 7) is 8.84. The highest BCUT2D eigenvalue weighted by Crippen LogP contribution is 2.27. The zero-order chi connectivity index (χ0) is 21.3. The fourth-order valence-corrected chi connectivity index (χ4v) is 3.61.